The van der Waals surface area contributed by atoms with Crippen molar-refractivity contribution in [2.75, 3.05) is 27.9 Å². The summed E-state index contributed by atoms with van der Waals surface area (Å²) in [4.78, 5) is 18.3. The Bertz CT molecular complexity index is 3230. The molecule has 2 atom stereocenters. The van der Waals surface area contributed by atoms with Gasteiger partial charge >= 0.3 is 6.09 Å². The Kier molecular flexibility index (Phi) is 13.8. The van der Waals surface area contributed by atoms with E-state index in [-0.39, 0.29) is 54.6 Å². The number of likely N-dealkylation sites (tertiary alicyclic amines) is 1. The van der Waals surface area contributed by atoms with E-state index in [2.05, 4.69) is 26.1 Å². The van der Waals surface area contributed by atoms with Crippen molar-refractivity contribution in [1.29, 1.82) is 5.26 Å². The number of hydrogen-bond donors (Lipinski definition) is 2. The standard InChI is InChI=1S/C48H49N9O9S3/c1-48(2,3)45-38(24-25-56(45)47(58)59)53-68(60,61)40-23-22-36(37-8-7-9-39-43(37)50-41(26-49)67-39)42(46-51-54-57(52-46)29-32-14-20-35(66-6)21-15-32)44(40)69(62,63)55(27-30-10-16-33(64-4)17-11-30)28-31-12-18-34(65-5)19-13-31/h7-23,38,45,53H,24-25,27-29H2,1-6H3,(H,58,59). The fourth-order valence-electron chi connectivity index (χ4n) is 8.68. The fraction of sp³-hybridized carbons (Fsp3) is 0.292. The highest BCUT2D eigenvalue weighted by molar-refractivity contribution is 7.92. The van der Waals surface area contributed by atoms with Crippen LogP contribution >= 0.6 is 11.3 Å². The van der Waals surface area contributed by atoms with Gasteiger partial charge in [-0.3, -0.25) is 0 Å². The first kappa shape index (κ1) is 48.5. The van der Waals surface area contributed by atoms with Gasteiger partial charge in [0.2, 0.25) is 25.9 Å². The summed E-state index contributed by atoms with van der Waals surface area (Å²) in [6.45, 7) is 5.12. The van der Waals surface area contributed by atoms with Gasteiger partial charge in [0, 0.05) is 31.2 Å². The van der Waals surface area contributed by atoms with Gasteiger partial charge in [-0.1, -0.05) is 75.4 Å². The maximum Gasteiger partial charge on any atom is 0.407 e. The highest BCUT2D eigenvalue weighted by Gasteiger charge is 2.47. The van der Waals surface area contributed by atoms with Crippen molar-refractivity contribution in [2.24, 2.45) is 5.41 Å². The molecule has 3 heterocycles. The quantitative estimate of drug-likeness (QED) is 0.0961. The molecule has 69 heavy (non-hydrogen) atoms. The van der Waals surface area contributed by atoms with Crippen LogP contribution in [-0.2, 0) is 39.7 Å². The second-order valence-electron chi connectivity index (χ2n) is 17.4. The molecule has 21 heteroatoms. The number of fused-ring (bicyclic) bond motifs is 1. The molecule has 2 aromatic heterocycles. The Morgan fingerprint density at radius 1 is 0.841 bits per heavy atom. The fourth-order valence-corrected chi connectivity index (χ4v) is 13.2. The summed E-state index contributed by atoms with van der Waals surface area (Å²) >= 11 is 1.14. The molecular weight excluding hydrogens is 943 g/mol. The zero-order valence-electron chi connectivity index (χ0n) is 38.5. The molecule has 358 valence electrons. The minimum Gasteiger partial charge on any atom is -0.497 e. The number of ether oxygens (including phenoxy) is 3. The number of aromatic nitrogens is 5. The van der Waals surface area contributed by atoms with E-state index in [0.717, 1.165) is 16.9 Å². The zero-order valence-corrected chi connectivity index (χ0v) is 41.0. The van der Waals surface area contributed by atoms with Gasteiger partial charge in [-0.25, -0.2) is 31.3 Å². The van der Waals surface area contributed by atoms with Gasteiger partial charge in [0.25, 0.3) is 0 Å². The first-order valence-corrected chi connectivity index (χ1v) is 25.3. The first-order valence-electron chi connectivity index (χ1n) is 21.6. The summed E-state index contributed by atoms with van der Waals surface area (Å²) in [5, 5.41) is 33.8. The molecule has 18 nitrogen and oxygen atoms in total. The monoisotopic (exact) mass is 991 g/mol. The summed E-state index contributed by atoms with van der Waals surface area (Å²) < 4.78 is 83.9. The molecule has 0 spiro atoms. The lowest BCUT2D eigenvalue weighted by Crippen LogP contribution is -2.52. The molecule has 8 rings (SSSR count). The van der Waals surface area contributed by atoms with Crippen LogP contribution in [0.2, 0.25) is 0 Å². The number of nitrogens with one attached hydrogen (secondary N) is 1. The van der Waals surface area contributed by atoms with Crippen molar-refractivity contribution in [3.8, 4) is 45.8 Å². The lowest BCUT2D eigenvalue weighted by Gasteiger charge is -2.37. The smallest absolute Gasteiger partial charge is 0.407 e. The molecule has 0 aliphatic carbocycles. The van der Waals surface area contributed by atoms with Crippen molar-refractivity contribution in [1.82, 2.24) is 39.1 Å². The second-order valence-corrected chi connectivity index (χ2v) is 22.0. The van der Waals surface area contributed by atoms with Crippen molar-refractivity contribution in [3.63, 3.8) is 0 Å². The normalized spacial score (nSPS) is 15.4. The summed E-state index contributed by atoms with van der Waals surface area (Å²) in [7, 11) is -5.31. The Morgan fingerprint density at radius 2 is 1.42 bits per heavy atom. The van der Waals surface area contributed by atoms with Crippen molar-refractivity contribution < 1.29 is 40.9 Å². The SMILES string of the molecule is COc1ccc(CN(Cc2ccc(OC)cc2)S(=O)(=O)c2c(S(=O)(=O)NC3CCN(C(=O)O)C3C(C)(C)C)ccc(-c3cccc4sc(C#N)nc34)c2-c2nnn(Cc3ccc(OC)cc3)n2)cc1. The lowest BCUT2D eigenvalue weighted by atomic mass is 9.83. The van der Waals surface area contributed by atoms with Gasteiger partial charge < -0.3 is 24.2 Å². The lowest BCUT2D eigenvalue weighted by molar-refractivity contribution is 0.0999. The topological polar surface area (TPSA) is 232 Å². The minimum atomic E-state index is -5.02. The molecule has 2 unspecified atom stereocenters. The summed E-state index contributed by atoms with van der Waals surface area (Å²) in [5.41, 5.74) is 1.87. The molecule has 1 saturated heterocycles. The van der Waals surface area contributed by atoms with Crippen LogP contribution < -0.4 is 18.9 Å². The number of benzene rings is 5. The van der Waals surface area contributed by atoms with Gasteiger partial charge in [0.05, 0.1) is 49.7 Å². The van der Waals surface area contributed by atoms with E-state index >= 15 is 16.8 Å². The molecule has 1 aliphatic rings. The number of nitriles is 1. The van der Waals surface area contributed by atoms with Crippen molar-refractivity contribution >= 4 is 47.7 Å². The number of methoxy groups -OCH3 is 3. The largest absolute Gasteiger partial charge is 0.497 e. The third kappa shape index (κ3) is 10.1. The summed E-state index contributed by atoms with van der Waals surface area (Å²) in [5.74, 6) is 1.49. The van der Waals surface area contributed by atoms with E-state index in [1.54, 1.807) is 86.0 Å². The average molecular weight is 992 g/mol. The van der Waals surface area contributed by atoms with Crippen LogP contribution in [0.1, 0.15) is 48.9 Å². The van der Waals surface area contributed by atoms with E-state index in [4.69, 9.17) is 19.3 Å². The second kappa shape index (κ2) is 19.6. The van der Waals surface area contributed by atoms with E-state index in [0.29, 0.717) is 44.2 Å². The molecule has 2 N–H and O–H groups in total. The number of hydrogen-bond acceptors (Lipinski definition) is 14. The number of thiazole rings is 1. The van der Waals surface area contributed by atoms with Gasteiger partial charge in [-0.05, 0) is 87.8 Å². The molecule has 0 saturated carbocycles. The Morgan fingerprint density at radius 3 is 1.96 bits per heavy atom. The third-order valence-corrected chi connectivity index (χ3v) is 16.3. The minimum absolute atomic E-state index is 0.0425. The van der Waals surface area contributed by atoms with Crippen LogP contribution in [0.4, 0.5) is 4.79 Å². The van der Waals surface area contributed by atoms with Crippen LogP contribution in [0.25, 0.3) is 32.7 Å². The van der Waals surface area contributed by atoms with E-state index in [1.807, 2.05) is 32.9 Å². The summed E-state index contributed by atoms with van der Waals surface area (Å²) in [6.07, 6.45) is -1.09. The van der Waals surface area contributed by atoms with Crippen LogP contribution in [0.3, 0.4) is 0 Å². The first-order chi connectivity index (χ1) is 32.9. The molecule has 1 amide bonds. The van der Waals surface area contributed by atoms with E-state index in [1.165, 1.54) is 40.4 Å². The average Bonchev–Trinajstić information content (AvgIpc) is 4.10. The Labute approximate surface area is 403 Å². The number of tetrazole rings is 1. The van der Waals surface area contributed by atoms with Crippen molar-refractivity contribution in [3.05, 3.63) is 125 Å². The van der Waals surface area contributed by atoms with Gasteiger partial charge in [0.15, 0.2) is 5.01 Å². The van der Waals surface area contributed by atoms with Gasteiger partial charge in [-0.2, -0.15) is 14.4 Å². The molecular formula is C48H49N9O9S3. The van der Waals surface area contributed by atoms with Crippen LogP contribution in [0.5, 0.6) is 17.2 Å². The predicted octanol–water partition coefficient (Wildman–Crippen LogP) is 7.40. The Balaban J connectivity index is 1.41. The number of carbonyl (C=O) groups is 1. The van der Waals surface area contributed by atoms with Gasteiger partial charge in [-0.15, -0.1) is 21.5 Å². The number of rotatable bonds is 16. The zero-order chi connectivity index (χ0) is 49.3. The van der Waals surface area contributed by atoms with Crippen molar-refractivity contribution in [2.45, 2.75) is 68.7 Å². The van der Waals surface area contributed by atoms with Gasteiger partial charge in [0.1, 0.15) is 33.1 Å². The number of amides is 1. The van der Waals surface area contributed by atoms with E-state index in [9.17, 15) is 15.2 Å². The van der Waals surface area contributed by atoms with Crippen LogP contribution in [-0.4, -0.2) is 102 Å². The third-order valence-electron chi connectivity index (χ3n) is 11.8. The number of nitrogens with zero attached hydrogens (tertiary/aromatic N) is 8. The maximum absolute atomic E-state index is 16.3. The summed E-state index contributed by atoms with van der Waals surface area (Å²) in [6, 6.07) is 29.1. The molecule has 1 fully saturated rings. The highest BCUT2D eigenvalue weighted by atomic mass is 32.2. The number of para-hydroxylation sites is 1. The molecule has 5 aromatic carbocycles. The molecule has 1 aliphatic heterocycles. The number of carboxylic acid groups (broad SMARTS) is 1. The Hall–Kier alpha value is -6.96. The van der Waals surface area contributed by atoms with Crippen LogP contribution in [0, 0.1) is 16.7 Å². The van der Waals surface area contributed by atoms with Crippen LogP contribution in [0.15, 0.2) is 113 Å². The predicted molar refractivity (Wildman–Crippen MR) is 258 cm³/mol. The molecule has 7 aromatic rings. The van der Waals surface area contributed by atoms with E-state index < -0.39 is 53.4 Å². The maximum atomic E-state index is 16.3. The molecule has 0 radical (unpaired) electrons. The highest BCUT2D eigenvalue weighted by Crippen LogP contribution is 2.44. The molecule has 0 bridgehead atoms. The number of sulfonamides is 2.